The molecule has 0 amide bonds. The van der Waals surface area contributed by atoms with Gasteiger partial charge in [0.2, 0.25) is 0 Å². The van der Waals surface area contributed by atoms with E-state index in [4.69, 9.17) is 28.9 Å². The molecule has 0 aliphatic heterocycles. The Morgan fingerprint density at radius 3 is 1.45 bits per heavy atom. The number of rotatable bonds is 15. The van der Waals surface area contributed by atoms with Gasteiger partial charge in [-0.2, -0.15) is 0 Å². The van der Waals surface area contributed by atoms with Crippen LogP contribution in [-0.2, 0) is 5.41 Å². The molecule has 3 aromatic heterocycles. The maximum absolute atomic E-state index is 10.6. The predicted molar refractivity (Wildman–Crippen MR) is 413 cm³/mol. The molecule has 13 aromatic carbocycles. The Balaban J connectivity index is 1.18. The molecule has 3 heterocycles. The molecule has 7 heteroatoms. The monoisotopic (exact) mass is 1340 g/mol. The first-order valence-electron chi connectivity index (χ1n) is 52.3. The lowest BCUT2D eigenvalue weighted by molar-refractivity contribution is -0.570. The van der Waals surface area contributed by atoms with Crippen molar-refractivity contribution in [1.82, 2.24) is 14.1 Å². The van der Waals surface area contributed by atoms with Crippen molar-refractivity contribution in [2.24, 2.45) is 0 Å². The SMILES string of the molecule is [2H]c1c([2H])c([2H])c(-c2cnc(-n3c4ccccc4c4ccc(Oc5cccc(-n6[c-][n+](-c7c([Si](c8c([2H])c([2H])c([2H])c([2H])c8[2H])(c8c([2H])c([2H])c([2H])c([2H])c8[2H])c8c([2H])c([2H])c([2H])c([2H])c8[2H])cc(C(C)(C)C)cc7[Si](c7c([2H])c([2H])c([2H])c([2H])c7[2H])(c7c([2H])c([2H])c([2H])c([2H])c7[2H])c7c([2H])c([2H])c([2H])c([2H])c7[2H])c7ccc(-c8c(C([2H])([2H])[2H])cccc8C([2H])([2H])[2H])cc76)c5)cc43)cc2C([2H])([2H])[2H])c([2H])c1[2H]. The molecule has 0 aliphatic rings. The molecule has 98 heavy (non-hydrogen) atoms. The van der Waals surface area contributed by atoms with Gasteiger partial charge in [0, 0.05) is 40.9 Å². The number of benzene rings is 13. The standard InChI is InChI=1S/C91H74N4OSi2/c1-64-32-30-33-65(2)89(64)68-52-55-83-85(57-68)93(70-36-31-37-71(60-70)96-72-53-54-80-79-50-28-29-51-82(79)95(84(80)61-72)88-56-66(3)81(62-92-88)67-34-14-7-15-35-67)63-94(83)90-86(97(73-38-16-8-17-39-73,74-40-18-9-19-41-74)75-42-20-10-21-43-75)58-69(91(4,5)6)59-87(90)98(76-44-22-11-23-45-76,77-46-24-12-25-47-77)78-48-26-13-27-49-78/h7-62H,1-6H3/i1D3,2D3,3D3,7D,8D,9D,10D,11D,12D,13D,14D,15D,16D,17D,18D,19D,20D,21D,22D,23D,24D,25D,26D,27D,34D,35D,38D,39D,40D,41D,42D,43D,44D,45D,46D,47D,48D,49D. The summed E-state index contributed by atoms with van der Waals surface area (Å²) in [5.41, 5.74) is -6.69. The van der Waals surface area contributed by atoms with Crippen molar-refractivity contribution in [3.05, 3.63) is 368 Å². The largest absolute Gasteiger partial charge is 0.458 e. The van der Waals surface area contributed by atoms with Crippen molar-refractivity contribution in [2.45, 2.75) is 46.7 Å². The van der Waals surface area contributed by atoms with E-state index in [1.807, 2.05) is 0 Å². The summed E-state index contributed by atoms with van der Waals surface area (Å²) in [5.74, 6) is -0.234. The topological polar surface area (TPSA) is 35.9 Å². The fraction of sp³-hybridized carbons (Fsp3) is 0.0769. The van der Waals surface area contributed by atoms with Crippen LogP contribution in [0.15, 0.2) is 339 Å². The number of nitrogens with zero attached hydrogens (tertiary/aromatic N) is 4. The van der Waals surface area contributed by atoms with Gasteiger partial charge in [0.05, 0.1) is 81.4 Å². The van der Waals surface area contributed by atoms with Crippen molar-refractivity contribution in [1.29, 1.82) is 0 Å². The van der Waals surface area contributed by atoms with Crippen molar-refractivity contribution < 1.29 is 69.6 Å². The quantitative estimate of drug-likeness (QED) is 0.0444. The van der Waals surface area contributed by atoms with Gasteiger partial charge in [0.15, 0.2) is 16.1 Å². The summed E-state index contributed by atoms with van der Waals surface area (Å²) in [6, 6.07) is -16.3. The number of fused-ring (bicyclic) bond motifs is 4. The van der Waals surface area contributed by atoms with Gasteiger partial charge in [-0.25, -0.2) is 4.98 Å². The van der Waals surface area contributed by atoms with Gasteiger partial charge in [-0.15, -0.1) is 0 Å². The molecule has 0 saturated carbocycles. The number of aromatic nitrogens is 4. The number of hydrogen-bond acceptors (Lipinski definition) is 2. The van der Waals surface area contributed by atoms with Crippen molar-refractivity contribution in [2.75, 3.05) is 0 Å². The summed E-state index contributed by atoms with van der Waals surface area (Å²) in [5, 5.41) is -8.39. The third-order valence-corrected chi connectivity index (χ3v) is 25.5. The van der Waals surface area contributed by atoms with Crippen molar-refractivity contribution >= 4 is 90.5 Å². The summed E-state index contributed by atoms with van der Waals surface area (Å²) < 4.78 is 435. The zero-order valence-corrected chi connectivity index (χ0v) is 53.8. The fourth-order valence-corrected chi connectivity index (χ4v) is 21.0. The van der Waals surface area contributed by atoms with Gasteiger partial charge < -0.3 is 4.74 Å². The van der Waals surface area contributed by atoms with Crippen molar-refractivity contribution in [3.63, 3.8) is 0 Å². The van der Waals surface area contributed by atoms with Gasteiger partial charge in [-0.3, -0.25) is 13.7 Å². The molecule has 0 spiro atoms. The van der Waals surface area contributed by atoms with Gasteiger partial charge >= 0.3 is 0 Å². The van der Waals surface area contributed by atoms with Crippen LogP contribution >= 0.6 is 0 Å². The third-order valence-electron chi connectivity index (χ3n) is 17.1. The maximum atomic E-state index is 10.6. The lowest BCUT2D eigenvalue weighted by Gasteiger charge is -2.42. The molecule has 472 valence electrons. The summed E-state index contributed by atoms with van der Waals surface area (Å²) >= 11 is 0. The van der Waals surface area contributed by atoms with Crippen LogP contribution in [0.1, 0.15) is 103 Å². The van der Waals surface area contributed by atoms with Crippen LogP contribution in [0, 0.1) is 26.9 Å². The van der Waals surface area contributed by atoms with E-state index in [0.717, 1.165) is 45.7 Å². The second-order valence-electron chi connectivity index (χ2n) is 23.6. The molecular weight excluding hydrogens is 1220 g/mol. The summed E-state index contributed by atoms with van der Waals surface area (Å²) in [4.78, 5) is 4.70. The smallest absolute Gasteiger partial charge is 0.269 e. The number of para-hydroxylation sites is 1. The molecule has 16 rings (SSSR count). The first kappa shape index (κ1) is 29.9. The second-order valence-corrected chi connectivity index (χ2v) is 30.7. The van der Waals surface area contributed by atoms with Crippen LogP contribution in [0.25, 0.3) is 72.3 Å². The maximum Gasteiger partial charge on any atom is 0.269 e. The zero-order valence-electron chi connectivity index (χ0n) is 95.8. The van der Waals surface area contributed by atoms with E-state index in [2.05, 4.69) is 6.33 Å². The highest BCUT2D eigenvalue weighted by atomic mass is 28.3. The van der Waals surface area contributed by atoms with Gasteiger partial charge in [-0.1, -0.05) is 299 Å². The first-order chi connectivity index (χ1) is 66.1. The predicted octanol–water partition coefficient (Wildman–Crippen LogP) is 16.3. The summed E-state index contributed by atoms with van der Waals surface area (Å²) in [6.45, 7) is -5.08. The molecule has 0 aliphatic carbocycles. The van der Waals surface area contributed by atoms with E-state index in [-0.39, 0.29) is 50.7 Å². The van der Waals surface area contributed by atoms with E-state index in [9.17, 15) is 41.1 Å². The Kier molecular flexibility index (Phi) is 7.70. The number of hydrogen-bond donors (Lipinski definition) is 0. The summed E-state index contributed by atoms with van der Waals surface area (Å²) in [6.07, 6.45) is 4.34. The number of imidazole rings is 1. The minimum absolute atomic E-state index is 0.0191. The second kappa shape index (κ2) is 25.3. The first-order valence-corrected chi connectivity index (χ1v) is 34.3. The van der Waals surface area contributed by atoms with Crippen LogP contribution in [0.2, 0.25) is 0 Å². The lowest BCUT2D eigenvalue weighted by Crippen LogP contribution is -2.80. The van der Waals surface area contributed by atoms with Gasteiger partial charge in [0.1, 0.15) is 17.3 Å². The minimum atomic E-state index is -7.10. The highest BCUT2D eigenvalue weighted by molar-refractivity contribution is 7.22. The fourth-order valence-electron chi connectivity index (χ4n) is 12.8. The third kappa shape index (κ3) is 10.5. The molecule has 0 radical (unpaired) electrons. The van der Waals surface area contributed by atoms with E-state index < -0.39 is 334 Å². The van der Waals surface area contributed by atoms with Gasteiger partial charge in [0.25, 0.3) is 6.33 Å². The van der Waals surface area contributed by atoms with E-state index in [1.165, 1.54) is 81.4 Å². The molecule has 16 aromatic rings. The lowest BCUT2D eigenvalue weighted by atomic mass is 9.87. The van der Waals surface area contributed by atoms with Crippen molar-refractivity contribution in [3.8, 4) is 50.9 Å². The molecule has 0 fully saturated rings. The molecule has 0 saturated heterocycles. The Hall–Kier alpha value is -11.5. The zero-order chi connectivity index (χ0) is 104. The summed E-state index contributed by atoms with van der Waals surface area (Å²) in [7, 11) is -14.2. The van der Waals surface area contributed by atoms with Crippen LogP contribution < -0.4 is 50.8 Å². The Labute approximate surface area is 638 Å². The molecule has 0 atom stereocenters. The average Bonchev–Trinajstić information content (AvgIpc) is 1.06. The van der Waals surface area contributed by atoms with Gasteiger partial charge in [-0.05, 0) is 155 Å². The normalized spacial score (nSPS) is 18.7. The van der Waals surface area contributed by atoms with Crippen LogP contribution in [-0.4, -0.2) is 30.3 Å². The number of aryl methyl sites for hydroxylation is 3. The Bertz CT molecular complexity index is 7410. The molecule has 5 nitrogen and oxygen atoms in total. The number of pyridine rings is 1. The van der Waals surface area contributed by atoms with E-state index in [1.54, 1.807) is 34.9 Å². The Morgan fingerprint density at radius 1 is 0.439 bits per heavy atom. The average molecular weight is 1340 g/mol. The molecule has 0 unspecified atom stereocenters. The molecular formula is C91H74N4OSi2. The molecule has 0 N–H and O–H groups in total. The Morgan fingerprint density at radius 2 is 0.929 bits per heavy atom. The highest BCUT2D eigenvalue weighted by Crippen LogP contribution is 2.38. The number of ether oxygens (including phenoxy) is 1. The van der Waals surface area contributed by atoms with E-state index in [0.29, 0.717) is 16.3 Å². The minimum Gasteiger partial charge on any atom is -0.458 e. The van der Waals surface area contributed by atoms with Crippen LogP contribution in [0.5, 0.6) is 11.5 Å². The van der Waals surface area contributed by atoms with Crippen LogP contribution in [0.4, 0.5) is 0 Å². The van der Waals surface area contributed by atoms with E-state index >= 15 is 0 Å². The molecule has 0 bridgehead atoms. The van der Waals surface area contributed by atoms with Crippen LogP contribution in [0.3, 0.4) is 0 Å². The highest BCUT2D eigenvalue weighted by Gasteiger charge is 2.49.